The summed E-state index contributed by atoms with van der Waals surface area (Å²) in [7, 11) is 0. The molecule has 0 fully saturated rings. The van der Waals surface area contributed by atoms with E-state index in [1.165, 1.54) is 6.08 Å². The van der Waals surface area contributed by atoms with E-state index in [0.29, 0.717) is 6.42 Å². The second-order valence-electron chi connectivity index (χ2n) is 6.97. The molecule has 1 rings (SSSR count). The first-order valence-corrected chi connectivity index (χ1v) is 8.68. The SMILES string of the molecule is C[C@@H]1C[C@H](C)[C@H](O)[C@@H](C)C=CC(=O)O[C@H](C)[C@@H](C)C=CC=CC1=O. The Bertz CT molecular complexity index is 518. The second-order valence-corrected chi connectivity index (χ2v) is 6.97. The van der Waals surface area contributed by atoms with Gasteiger partial charge in [0.2, 0.25) is 0 Å². The quantitative estimate of drug-likeness (QED) is 0.689. The van der Waals surface area contributed by atoms with Crippen LogP contribution in [-0.2, 0) is 14.3 Å². The number of carbonyl (C=O) groups is 2. The van der Waals surface area contributed by atoms with Gasteiger partial charge in [0.25, 0.3) is 0 Å². The van der Waals surface area contributed by atoms with Crippen molar-refractivity contribution in [3.63, 3.8) is 0 Å². The molecule has 0 bridgehead atoms. The van der Waals surface area contributed by atoms with Gasteiger partial charge in [0.05, 0.1) is 6.10 Å². The number of aliphatic hydroxyl groups excluding tert-OH is 1. The number of allylic oxidation sites excluding steroid dienone is 3. The van der Waals surface area contributed by atoms with Gasteiger partial charge in [-0.3, -0.25) is 4.79 Å². The van der Waals surface area contributed by atoms with Crippen molar-refractivity contribution in [3.05, 3.63) is 36.5 Å². The third-order valence-electron chi connectivity index (χ3n) is 4.70. The van der Waals surface area contributed by atoms with E-state index in [4.69, 9.17) is 4.74 Å². The fourth-order valence-electron chi connectivity index (χ4n) is 2.72. The molecular weight excluding hydrogens is 304 g/mol. The minimum atomic E-state index is -0.613. The van der Waals surface area contributed by atoms with Crippen molar-refractivity contribution in [3.8, 4) is 0 Å². The molecule has 4 heteroatoms. The predicted octanol–water partition coefficient (Wildman–Crippen LogP) is 3.46. The number of cyclic esters (lactones) is 1. The lowest BCUT2D eigenvalue weighted by Gasteiger charge is -2.24. The van der Waals surface area contributed by atoms with Crippen LogP contribution in [0.2, 0.25) is 0 Å². The van der Waals surface area contributed by atoms with Gasteiger partial charge in [0, 0.05) is 23.8 Å². The van der Waals surface area contributed by atoms with Crippen LogP contribution < -0.4 is 0 Å². The Kier molecular flexibility index (Phi) is 8.13. The van der Waals surface area contributed by atoms with E-state index >= 15 is 0 Å². The van der Waals surface area contributed by atoms with Crippen LogP contribution in [0.3, 0.4) is 0 Å². The van der Waals surface area contributed by atoms with E-state index in [9.17, 15) is 14.7 Å². The zero-order valence-electron chi connectivity index (χ0n) is 15.3. The fourth-order valence-corrected chi connectivity index (χ4v) is 2.72. The van der Waals surface area contributed by atoms with Crippen LogP contribution in [0.25, 0.3) is 0 Å². The van der Waals surface area contributed by atoms with Crippen molar-refractivity contribution in [2.75, 3.05) is 0 Å². The first-order valence-electron chi connectivity index (χ1n) is 8.68. The van der Waals surface area contributed by atoms with Gasteiger partial charge in [-0.2, -0.15) is 0 Å². The van der Waals surface area contributed by atoms with Gasteiger partial charge in [-0.25, -0.2) is 4.79 Å². The summed E-state index contributed by atoms with van der Waals surface area (Å²) in [6.07, 6.45) is 9.79. The van der Waals surface area contributed by atoms with E-state index in [0.717, 1.165) is 0 Å². The van der Waals surface area contributed by atoms with Gasteiger partial charge in [0.15, 0.2) is 5.78 Å². The smallest absolute Gasteiger partial charge is 0.330 e. The van der Waals surface area contributed by atoms with Crippen LogP contribution in [0.4, 0.5) is 0 Å². The summed E-state index contributed by atoms with van der Waals surface area (Å²) < 4.78 is 5.36. The van der Waals surface area contributed by atoms with E-state index < -0.39 is 12.1 Å². The van der Waals surface area contributed by atoms with E-state index in [1.54, 1.807) is 18.2 Å². The largest absolute Gasteiger partial charge is 0.459 e. The zero-order valence-corrected chi connectivity index (χ0v) is 15.3. The molecule has 0 spiro atoms. The second kappa shape index (κ2) is 9.58. The number of esters is 1. The number of rotatable bonds is 0. The molecule has 4 nitrogen and oxygen atoms in total. The Balaban J connectivity index is 2.99. The van der Waals surface area contributed by atoms with Crippen molar-refractivity contribution in [1.29, 1.82) is 0 Å². The molecule has 0 saturated heterocycles. The number of aliphatic hydroxyl groups is 1. The maximum absolute atomic E-state index is 12.1. The van der Waals surface area contributed by atoms with Gasteiger partial charge in [-0.15, -0.1) is 0 Å². The van der Waals surface area contributed by atoms with Crippen molar-refractivity contribution in [2.45, 2.75) is 53.2 Å². The summed E-state index contributed by atoms with van der Waals surface area (Å²) in [5.41, 5.74) is 0. The molecule has 0 aromatic carbocycles. The summed E-state index contributed by atoms with van der Waals surface area (Å²) in [6.45, 7) is 9.45. The Hall–Kier alpha value is -1.68. The molecular formula is C20H30O4. The molecule has 0 unspecified atom stereocenters. The Labute approximate surface area is 145 Å². The Morgan fingerprint density at radius 2 is 1.62 bits per heavy atom. The molecule has 24 heavy (non-hydrogen) atoms. The third kappa shape index (κ3) is 6.44. The normalized spacial score (nSPS) is 36.6. The molecule has 1 heterocycles. The summed E-state index contributed by atoms with van der Waals surface area (Å²) in [4.78, 5) is 24.0. The minimum absolute atomic E-state index is 0.0375. The van der Waals surface area contributed by atoms with E-state index in [1.807, 2.05) is 46.8 Å². The summed E-state index contributed by atoms with van der Waals surface area (Å²) in [5, 5.41) is 10.4. The van der Waals surface area contributed by atoms with Crippen molar-refractivity contribution >= 4 is 11.8 Å². The molecule has 1 aliphatic rings. The van der Waals surface area contributed by atoms with Crippen molar-refractivity contribution < 1.29 is 19.4 Å². The van der Waals surface area contributed by atoms with Crippen LogP contribution in [0, 0.1) is 23.7 Å². The van der Waals surface area contributed by atoms with Crippen molar-refractivity contribution in [1.82, 2.24) is 0 Å². The zero-order chi connectivity index (χ0) is 18.3. The number of ether oxygens (including phenoxy) is 1. The average Bonchev–Trinajstić information content (AvgIpc) is 2.54. The summed E-state index contributed by atoms with van der Waals surface area (Å²) in [5.74, 6) is -0.691. The van der Waals surface area contributed by atoms with Gasteiger partial charge < -0.3 is 9.84 Å². The van der Waals surface area contributed by atoms with E-state index in [-0.39, 0.29) is 35.6 Å². The van der Waals surface area contributed by atoms with Crippen molar-refractivity contribution in [2.24, 2.45) is 23.7 Å². The summed E-state index contributed by atoms with van der Waals surface area (Å²) >= 11 is 0. The molecule has 6 atom stereocenters. The van der Waals surface area contributed by atoms with Crippen LogP contribution in [0.1, 0.15) is 41.0 Å². The van der Waals surface area contributed by atoms with Gasteiger partial charge in [0.1, 0.15) is 6.10 Å². The molecule has 0 aromatic heterocycles. The third-order valence-corrected chi connectivity index (χ3v) is 4.70. The first kappa shape index (κ1) is 20.4. The highest BCUT2D eigenvalue weighted by atomic mass is 16.5. The highest BCUT2D eigenvalue weighted by molar-refractivity contribution is 5.91. The predicted molar refractivity (Wildman–Crippen MR) is 95.3 cm³/mol. The van der Waals surface area contributed by atoms with Gasteiger partial charge in [-0.05, 0) is 25.3 Å². The maximum Gasteiger partial charge on any atom is 0.330 e. The lowest BCUT2D eigenvalue weighted by molar-refractivity contribution is -0.143. The average molecular weight is 334 g/mol. The minimum Gasteiger partial charge on any atom is -0.459 e. The lowest BCUT2D eigenvalue weighted by Crippen LogP contribution is -2.27. The monoisotopic (exact) mass is 334 g/mol. The van der Waals surface area contributed by atoms with Gasteiger partial charge >= 0.3 is 5.97 Å². The molecule has 134 valence electrons. The number of hydrogen-bond acceptors (Lipinski definition) is 4. The lowest BCUT2D eigenvalue weighted by atomic mass is 9.85. The highest BCUT2D eigenvalue weighted by Gasteiger charge is 2.23. The maximum atomic E-state index is 12.1. The molecule has 1 N–H and O–H groups in total. The molecule has 0 radical (unpaired) electrons. The van der Waals surface area contributed by atoms with E-state index in [2.05, 4.69) is 0 Å². The van der Waals surface area contributed by atoms with Crippen LogP contribution in [0.5, 0.6) is 0 Å². The molecule has 0 saturated carbocycles. The number of hydrogen-bond donors (Lipinski definition) is 1. The first-order chi connectivity index (χ1) is 11.2. The highest BCUT2D eigenvalue weighted by Crippen LogP contribution is 2.22. The molecule has 0 aliphatic carbocycles. The fraction of sp³-hybridized carbons (Fsp3) is 0.600. The summed E-state index contributed by atoms with van der Waals surface area (Å²) in [6, 6.07) is 0. The van der Waals surface area contributed by atoms with Crippen LogP contribution in [-0.4, -0.2) is 29.1 Å². The Morgan fingerprint density at radius 1 is 0.958 bits per heavy atom. The molecule has 1 aliphatic heterocycles. The standard InChI is InChI=1S/C20H30O4/c1-13-8-6-7-9-18(21)15(3)12-16(4)20(23)14(2)10-11-19(22)24-17(13)5/h6-11,13-17,20,23H,12H2,1-5H3/t13-,14-,15+,16-,17+,20+/m0/s1. The number of carbonyl (C=O) groups excluding carboxylic acids is 2. The van der Waals surface area contributed by atoms with Crippen LogP contribution >= 0.6 is 0 Å². The molecule has 0 aromatic rings. The number of ketones is 1. The molecule has 0 amide bonds. The van der Waals surface area contributed by atoms with Crippen LogP contribution in [0.15, 0.2) is 36.5 Å². The topological polar surface area (TPSA) is 63.6 Å². The Morgan fingerprint density at radius 3 is 2.29 bits per heavy atom. The van der Waals surface area contributed by atoms with Gasteiger partial charge in [-0.1, -0.05) is 52.0 Å².